The molecular formula is C17H24N2O2. The lowest BCUT2D eigenvalue weighted by atomic mass is 9.99. The molecule has 2 aliphatic rings. The van der Waals surface area contributed by atoms with Crippen molar-refractivity contribution in [1.29, 1.82) is 0 Å². The van der Waals surface area contributed by atoms with E-state index in [2.05, 4.69) is 24.4 Å². The van der Waals surface area contributed by atoms with Gasteiger partial charge < -0.3 is 9.64 Å². The molecule has 3 unspecified atom stereocenters. The third-order valence-corrected chi connectivity index (χ3v) is 4.80. The van der Waals surface area contributed by atoms with E-state index < -0.39 is 5.54 Å². The maximum atomic E-state index is 12.9. The first kappa shape index (κ1) is 14.5. The summed E-state index contributed by atoms with van der Waals surface area (Å²) in [5.41, 5.74) is 0.696. The maximum Gasteiger partial charge on any atom is 0.244 e. The molecule has 2 heterocycles. The summed E-state index contributed by atoms with van der Waals surface area (Å²) in [6.45, 7) is 6.45. The van der Waals surface area contributed by atoms with Gasteiger partial charge in [0.15, 0.2) is 0 Å². The van der Waals surface area contributed by atoms with Crippen LogP contribution in [0.25, 0.3) is 0 Å². The molecule has 0 radical (unpaired) electrons. The Morgan fingerprint density at radius 1 is 1.38 bits per heavy atom. The molecule has 114 valence electrons. The number of hydrogen-bond acceptors (Lipinski definition) is 3. The Kier molecular flexibility index (Phi) is 4.00. The van der Waals surface area contributed by atoms with Crippen LogP contribution >= 0.6 is 0 Å². The van der Waals surface area contributed by atoms with Crippen LogP contribution in [0.4, 0.5) is 0 Å². The van der Waals surface area contributed by atoms with Crippen LogP contribution < -0.4 is 5.32 Å². The highest BCUT2D eigenvalue weighted by Gasteiger charge is 2.47. The molecule has 21 heavy (non-hydrogen) atoms. The highest BCUT2D eigenvalue weighted by atomic mass is 16.5. The van der Waals surface area contributed by atoms with Crippen LogP contribution in [-0.2, 0) is 9.53 Å². The van der Waals surface area contributed by atoms with E-state index in [4.69, 9.17) is 4.74 Å². The molecule has 3 rings (SSSR count). The molecule has 2 fully saturated rings. The first-order valence-corrected chi connectivity index (χ1v) is 7.85. The molecule has 1 aromatic rings. The Bertz CT molecular complexity index is 499. The fraction of sp³-hybridized carbons (Fsp3) is 0.588. The Morgan fingerprint density at radius 3 is 2.76 bits per heavy atom. The van der Waals surface area contributed by atoms with Crippen LogP contribution in [0, 0.1) is 5.92 Å². The van der Waals surface area contributed by atoms with Gasteiger partial charge in [-0.1, -0.05) is 37.3 Å². The molecule has 1 N–H and O–H groups in total. The van der Waals surface area contributed by atoms with Crippen LogP contribution in [0.5, 0.6) is 0 Å². The van der Waals surface area contributed by atoms with Crippen molar-refractivity contribution < 1.29 is 9.53 Å². The van der Waals surface area contributed by atoms with Crippen molar-refractivity contribution in [3.63, 3.8) is 0 Å². The normalized spacial score (nSPS) is 32.9. The molecule has 3 atom stereocenters. The van der Waals surface area contributed by atoms with Gasteiger partial charge in [0.25, 0.3) is 0 Å². The van der Waals surface area contributed by atoms with E-state index >= 15 is 0 Å². The largest absolute Gasteiger partial charge is 0.381 e. The van der Waals surface area contributed by atoms with E-state index in [0.717, 1.165) is 38.2 Å². The van der Waals surface area contributed by atoms with E-state index in [1.165, 1.54) is 0 Å². The minimum atomic E-state index is -0.458. The predicted octanol–water partition coefficient (Wildman–Crippen LogP) is 2.32. The van der Waals surface area contributed by atoms with Crippen molar-refractivity contribution in [2.24, 2.45) is 5.92 Å². The number of hydrogen-bond donors (Lipinski definition) is 1. The number of ether oxygens (including phenoxy) is 1. The Morgan fingerprint density at radius 2 is 2.14 bits per heavy atom. The van der Waals surface area contributed by atoms with Gasteiger partial charge >= 0.3 is 0 Å². The summed E-state index contributed by atoms with van der Waals surface area (Å²) >= 11 is 0. The molecule has 2 saturated heterocycles. The summed E-state index contributed by atoms with van der Waals surface area (Å²) in [6, 6.07) is 10.2. The average Bonchev–Trinajstić information content (AvgIpc) is 3.11. The molecule has 0 spiro atoms. The summed E-state index contributed by atoms with van der Waals surface area (Å²) in [4.78, 5) is 14.9. The molecule has 4 nitrogen and oxygen atoms in total. The monoisotopic (exact) mass is 288 g/mol. The van der Waals surface area contributed by atoms with Crippen molar-refractivity contribution in [1.82, 2.24) is 10.2 Å². The lowest BCUT2D eigenvalue weighted by molar-refractivity contribution is -0.133. The van der Waals surface area contributed by atoms with E-state index in [9.17, 15) is 4.79 Å². The van der Waals surface area contributed by atoms with Crippen LogP contribution in [0.15, 0.2) is 30.3 Å². The summed E-state index contributed by atoms with van der Waals surface area (Å²) in [5.74, 6) is 0.673. The third-order valence-electron chi connectivity index (χ3n) is 4.80. The Labute approximate surface area is 126 Å². The summed E-state index contributed by atoms with van der Waals surface area (Å²) in [6.07, 6.45) is 1.82. The highest BCUT2D eigenvalue weighted by Crippen LogP contribution is 2.33. The topological polar surface area (TPSA) is 41.6 Å². The molecule has 1 amide bonds. The van der Waals surface area contributed by atoms with Crippen LogP contribution in [0.1, 0.15) is 38.4 Å². The van der Waals surface area contributed by atoms with Crippen LogP contribution in [0.2, 0.25) is 0 Å². The summed E-state index contributed by atoms with van der Waals surface area (Å²) in [5, 5.41) is 3.54. The summed E-state index contributed by atoms with van der Waals surface area (Å²) in [7, 11) is 0. The zero-order chi connectivity index (χ0) is 14.9. The number of rotatable bonds is 4. The minimum absolute atomic E-state index is 0.0238. The molecule has 0 aromatic heterocycles. The maximum absolute atomic E-state index is 12.9. The SMILES string of the molecule is CCC1(C)NC(c2ccccc2)N(CC2CCOC2)C1=O. The van der Waals surface area contributed by atoms with Gasteiger partial charge in [0.2, 0.25) is 5.91 Å². The van der Waals surface area contributed by atoms with Gasteiger partial charge in [0.1, 0.15) is 6.17 Å². The van der Waals surface area contributed by atoms with Crippen molar-refractivity contribution >= 4 is 5.91 Å². The predicted molar refractivity (Wildman–Crippen MR) is 81.7 cm³/mol. The molecular weight excluding hydrogens is 264 g/mol. The number of carbonyl (C=O) groups excluding carboxylic acids is 1. The lowest BCUT2D eigenvalue weighted by Crippen LogP contribution is -2.43. The number of amides is 1. The zero-order valence-corrected chi connectivity index (χ0v) is 12.8. The lowest BCUT2D eigenvalue weighted by Gasteiger charge is -2.26. The smallest absolute Gasteiger partial charge is 0.244 e. The third kappa shape index (κ3) is 2.70. The molecule has 0 aliphatic carbocycles. The second-order valence-corrected chi connectivity index (χ2v) is 6.33. The zero-order valence-electron chi connectivity index (χ0n) is 12.8. The quantitative estimate of drug-likeness (QED) is 0.924. The van der Waals surface area contributed by atoms with Gasteiger partial charge in [-0.15, -0.1) is 0 Å². The van der Waals surface area contributed by atoms with Crippen molar-refractivity contribution in [2.75, 3.05) is 19.8 Å². The van der Waals surface area contributed by atoms with Crippen LogP contribution in [-0.4, -0.2) is 36.1 Å². The van der Waals surface area contributed by atoms with Crippen molar-refractivity contribution in [2.45, 2.75) is 38.4 Å². The Hall–Kier alpha value is -1.39. The molecule has 0 bridgehead atoms. The van der Waals surface area contributed by atoms with Gasteiger partial charge in [0, 0.05) is 19.1 Å². The number of carbonyl (C=O) groups is 1. The Balaban J connectivity index is 1.86. The minimum Gasteiger partial charge on any atom is -0.381 e. The second-order valence-electron chi connectivity index (χ2n) is 6.33. The number of nitrogens with one attached hydrogen (secondary N) is 1. The van der Waals surface area contributed by atoms with Gasteiger partial charge in [0.05, 0.1) is 12.1 Å². The summed E-state index contributed by atoms with van der Waals surface area (Å²) < 4.78 is 5.46. The molecule has 2 aliphatic heterocycles. The average molecular weight is 288 g/mol. The van der Waals surface area contributed by atoms with E-state index in [-0.39, 0.29) is 12.1 Å². The van der Waals surface area contributed by atoms with Crippen molar-refractivity contribution in [3.8, 4) is 0 Å². The van der Waals surface area contributed by atoms with Crippen molar-refractivity contribution in [3.05, 3.63) is 35.9 Å². The van der Waals surface area contributed by atoms with E-state index in [1.54, 1.807) is 0 Å². The highest BCUT2D eigenvalue weighted by molar-refractivity contribution is 5.88. The van der Waals surface area contributed by atoms with Crippen LogP contribution in [0.3, 0.4) is 0 Å². The van der Waals surface area contributed by atoms with Gasteiger partial charge in [-0.2, -0.15) is 0 Å². The second kappa shape index (κ2) is 5.78. The standard InChI is InChI=1S/C17H24N2O2/c1-3-17(2)16(20)19(11-13-9-10-21-12-13)15(18-17)14-7-5-4-6-8-14/h4-8,13,15,18H,3,9-12H2,1-2H3. The first-order chi connectivity index (χ1) is 10.1. The first-order valence-electron chi connectivity index (χ1n) is 7.85. The van der Waals surface area contributed by atoms with Gasteiger partial charge in [-0.25, -0.2) is 0 Å². The fourth-order valence-electron chi connectivity index (χ4n) is 3.22. The number of benzene rings is 1. The fourth-order valence-corrected chi connectivity index (χ4v) is 3.22. The van der Waals surface area contributed by atoms with Gasteiger partial charge in [-0.05, 0) is 25.3 Å². The molecule has 1 aromatic carbocycles. The van der Waals surface area contributed by atoms with E-state index in [1.807, 2.05) is 30.0 Å². The number of nitrogens with zero attached hydrogens (tertiary/aromatic N) is 1. The van der Waals surface area contributed by atoms with Gasteiger partial charge in [-0.3, -0.25) is 10.1 Å². The molecule has 4 heteroatoms. The van der Waals surface area contributed by atoms with E-state index in [0.29, 0.717) is 5.92 Å². The molecule has 0 saturated carbocycles.